The van der Waals surface area contributed by atoms with Gasteiger partial charge >= 0.3 is 5.97 Å². The molecule has 0 amide bonds. The molecule has 0 spiro atoms. The summed E-state index contributed by atoms with van der Waals surface area (Å²) in [4.78, 5) is 10.2. The molecule has 0 saturated heterocycles. The van der Waals surface area contributed by atoms with Crippen molar-refractivity contribution in [3.63, 3.8) is 0 Å². The molecule has 17 heavy (non-hydrogen) atoms. The molecule has 0 saturated carbocycles. The minimum atomic E-state index is -0.648. The molecular formula is C11H8Br2FNO2. The van der Waals surface area contributed by atoms with Crippen LogP contribution < -0.4 is 0 Å². The first-order chi connectivity index (χ1) is 8.01. The molecule has 1 rings (SSSR count). The molecule has 0 bridgehead atoms. The number of ether oxygens (including phenoxy) is 1. The molecule has 0 radical (unpaired) electrons. The Balaban J connectivity index is 3.08. The molecule has 0 aliphatic heterocycles. The van der Waals surface area contributed by atoms with Crippen molar-refractivity contribution in [2.45, 2.75) is 9.65 Å². The van der Waals surface area contributed by atoms with Gasteiger partial charge in [0.2, 0.25) is 0 Å². The van der Waals surface area contributed by atoms with Crippen LogP contribution in [0.3, 0.4) is 0 Å². The van der Waals surface area contributed by atoms with Gasteiger partial charge in [-0.1, -0.05) is 37.9 Å². The SMILES string of the molecule is COC(=O)C(Br)C(Br)c1ccc(F)cc1C#N. The minimum absolute atomic E-state index is 0.181. The fraction of sp³-hybridized carbons (Fsp3) is 0.273. The molecule has 0 aromatic heterocycles. The first kappa shape index (κ1) is 14.1. The van der Waals surface area contributed by atoms with Crippen molar-refractivity contribution in [1.29, 1.82) is 5.26 Å². The number of benzene rings is 1. The molecule has 1 aromatic carbocycles. The van der Waals surface area contributed by atoms with E-state index in [0.717, 1.165) is 6.07 Å². The van der Waals surface area contributed by atoms with E-state index in [1.54, 1.807) is 0 Å². The van der Waals surface area contributed by atoms with Gasteiger partial charge in [0.05, 0.1) is 23.6 Å². The van der Waals surface area contributed by atoms with Gasteiger partial charge in [0.15, 0.2) is 0 Å². The molecule has 0 aliphatic rings. The van der Waals surface area contributed by atoms with Gasteiger partial charge in [0, 0.05) is 0 Å². The highest BCUT2D eigenvalue weighted by molar-refractivity contribution is 9.12. The summed E-state index contributed by atoms with van der Waals surface area (Å²) in [5.74, 6) is -0.964. The summed E-state index contributed by atoms with van der Waals surface area (Å²) in [6.45, 7) is 0. The van der Waals surface area contributed by atoms with E-state index in [1.807, 2.05) is 6.07 Å². The summed E-state index contributed by atoms with van der Waals surface area (Å²) in [5, 5.41) is 8.90. The number of carbonyl (C=O) groups is 1. The monoisotopic (exact) mass is 363 g/mol. The molecule has 0 fully saturated rings. The number of carbonyl (C=O) groups excluding carboxylic acids is 1. The zero-order valence-electron chi connectivity index (χ0n) is 8.78. The van der Waals surface area contributed by atoms with Crippen LogP contribution in [-0.2, 0) is 9.53 Å². The van der Waals surface area contributed by atoms with Gasteiger partial charge in [-0.25, -0.2) is 4.39 Å². The van der Waals surface area contributed by atoms with Crippen LogP contribution in [0.25, 0.3) is 0 Å². The lowest BCUT2D eigenvalue weighted by Gasteiger charge is -2.16. The van der Waals surface area contributed by atoms with Crippen LogP contribution in [-0.4, -0.2) is 17.9 Å². The predicted octanol–water partition coefficient (Wildman–Crippen LogP) is 3.07. The number of halogens is 3. The molecule has 1 aromatic rings. The smallest absolute Gasteiger partial charge is 0.320 e. The minimum Gasteiger partial charge on any atom is -0.468 e. The second-order valence-electron chi connectivity index (χ2n) is 3.17. The zero-order chi connectivity index (χ0) is 13.0. The Morgan fingerprint density at radius 3 is 2.71 bits per heavy atom. The van der Waals surface area contributed by atoms with Crippen LogP contribution in [0.5, 0.6) is 0 Å². The van der Waals surface area contributed by atoms with E-state index in [4.69, 9.17) is 5.26 Å². The van der Waals surface area contributed by atoms with E-state index >= 15 is 0 Å². The Kier molecular flexibility index (Phi) is 5.09. The highest BCUT2D eigenvalue weighted by Crippen LogP contribution is 2.34. The first-order valence-corrected chi connectivity index (χ1v) is 6.40. The average molecular weight is 365 g/mol. The van der Waals surface area contributed by atoms with Gasteiger partial charge in [0.1, 0.15) is 10.6 Å². The van der Waals surface area contributed by atoms with Gasteiger partial charge in [-0.2, -0.15) is 5.26 Å². The van der Waals surface area contributed by atoms with E-state index in [-0.39, 0.29) is 5.56 Å². The van der Waals surface area contributed by atoms with Crippen LogP contribution in [0.15, 0.2) is 18.2 Å². The molecule has 3 nitrogen and oxygen atoms in total. The Morgan fingerprint density at radius 2 is 2.18 bits per heavy atom. The lowest BCUT2D eigenvalue weighted by Crippen LogP contribution is -2.20. The van der Waals surface area contributed by atoms with E-state index < -0.39 is 21.4 Å². The van der Waals surface area contributed by atoms with Crippen molar-refractivity contribution >= 4 is 37.8 Å². The summed E-state index contributed by atoms with van der Waals surface area (Å²) in [7, 11) is 1.27. The number of methoxy groups -OCH3 is 1. The van der Waals surface area contributed by atoms with E-state index in [1.165, 1.54) is 19.2 Å². The third-order valence-electron chi connectivity index (χ3n) is 2.12. The molecule has 90 valence electrons. The number of nitriles is 1. The molecule has 0 N–H and O–H groups in total. The highest BCUT2D eigenvalue weighted by atomic mass is 79.9. The van der Waals surface area contributed by atoms with E-state index in [2.05, 4.69) is 36.6 Å². The van der Waals surface area contributed by atoms with Crippen molar-refractivity contribution in [3.05, 3.63) is 35.1 Å². The molecule has 0 aliphatic carbocycles. The van der Waals surface area contributed by atoms with Crippen molar-refractivity contribution in [3.8, 4) is 6.07 Å². The van der Waals surface area contributed by atoms with Crippen LogP contribution >= 0.6 is 31.9 Å². The summed E-state index contributed by atoms with van der Waals surface area (Å²) in [6, 6.07) is 5.71. The van der Waals surface area contributed by atoms with Crippen molar-refractivity contribution in [1.82, 2.24) is 0 Å². The highest BCUT2D eigenvalue weighted by Gasteiger charge is 2.27. The summed E-state index contributed by atoms with van der Waals surface area (Å²) >= 11 is 6.45. The van der Waals surface area contributed by atoms with Gasteiger partial charge in [0.25, 0.3) is 0 Å². The number of rotatable bonds is 3. The maximum absolute atomic E-state index is 13.0. The summed E-state index contributed by atoms with van der Waals surface area (Å²) in [5.41, 5.74) is 0.710. The number of hydrogen-bond acceptors (Lipinski definition) is 3. The van der Waals surface area contributed by atoms with Crippen molar-refractivity contribution < 1.29 is 13.9 Å². The summed E-state index contributed by atoms with van der Waals surface area (Å²) in [6.07, 6.45) is 0. The molecule has 2 unspecified atom stereocenters. The van der Waals surface area contributed by atoms with Crippen molar-refractivity contribution in [2.75, 3.05) is 7.11 Å². The Labute approximate surface area is 115 Å². The van der Waals surface area contributed by atoms with Crippen LogP contribution in [0.1, 0.15) is 16.0 Å². The fourth-order valence-corrected chi connectivity index (χ4v) is 2.34. The Bertz CT molecular complexity index is 473. The molecule has 6 heteroatoms. The lowest BCUT2D eigenvalue weighted by molar-refractivity contribution is -0.139. The normalized spacial score (nSPS) is 13.6. The maximum atomic E-state index is 13.0. The van der Waals surface area contributed by atoms with Crippen LogP contribution in [0.2, 0.25) is 0 Å². The number of hydrogen-bond donors (Lipinski definition) is 0. The maximum Gasteiger partial charge on any atom is 0.320 e. The molecular weight excluding hydrogens is 357 g/mol. The first-order valence-electron chi connectivity index (χ1n) is 4.56. The Morgan fingerprint density at radius 1 is 1.53 bits per heavy atom. The van der Waals surface area contributed by atoms with Gasteiger partial charge < -0.3 is 4.74 Å². The largest absolute Gasteiger partial charge is 0.468 e. The van der Waals surface area contributed by atoms with Crippen LogP contribution in [0.4, 0.5) is 4.39 Å². The van der Waals surface area contributed by atoms with Gasteiger partial charge in [-0.15, -0.1) is 0 Å². The fourth-order valence-electron chi connectivity index (χ4n) is 1.26. The quantitative estimate of drug-likeness (QED) is 0.611. The average Bonchev–Trinajstić information content (AvgIpc) is 2.35. The van der Waals surface area contributed by atoms with Gasteiger partial charge in [-0.05, 0) is 17.7 Å². The molecule has 2 atom stereocenters. The number of nitrogens with zero attached hydrogens (tertiary/aromatic N) is 1. The number of alkyl halides is 2. The van der Waals surface area contributed by atoms with Gasteiger partial charge in [-0.3, -0.25) is 4.79 Å². The molecule has 0 heterocycles. The standard InChI is InChI=1S/C11H8Br2FNO2/c1-17-11(16)10(13)9(12)8-3-2-7(14)4-6(8)5-15/h2-4,9-10H,1H3. The predicted molar refractivity (Wildman–Crippen MR) is 67.5 cm³/mol. The lowest BCUT2D eigenvalue weighted by atomic mass is 10.0. The number of esters is 1. The third kappa shape index (κ3) is 3.27. The summed E-state index contributed by atoms with van der Waals surface area (Å²) < 4.78 is 17.5. The zero-order valence-corrected chi connectivity index (χ0v) is 12.0. The second kappa shape index (κ2) is 6.12. The Hall–Kier alpha value is -0.930. The van der Waals surface area contributed by atoms with Crippen molar-refractivity contribution in [2.24, 2.45) is 0 Å². The van der Waals surface area contributed by atoms with E-state index in [9.17, 15) is 9.18 Å². The third-order valence-corrected chi connectivity index (χ3v) is 4.75. The second-order valence-corrected chi connectivity index (χ2v) is 5.14. The van der Waals surface area contributed by atoms with E-state index in [0.29, 0.717) is 5.56 Å². The topological polar surface area (TPSA) is 50.1 Å². The van der Waals surface area contributed by atoms with Crippen LogP contribution in [0, 0.1) is 17.1 Å².